The van der Waals surface area contributed by atoms with Gasteiger partial charge >= 0.3 is 0 Å². The van der Waals surface area contributed by atoms with Gasteiger partial charge in [0.1, 0.15) is 11.8 Å². The molecule has 1 heterocycles. The molecule has 0 N–H and O–H groups in total. The third-order valence-electron chi connectivity index (χ3n) is 4.14. The van der Waals surface area contributed by atoms with E-state index in [0.717, 1.165) is 19.5 Å². The van der Waals surface area contributed by atoms with Crippen molar-refractivity contribution >= 4 is 0 Å². The molecule has 1 saturated heterocycles. The standard InChI is InChI=1S/C17H25N3O/c1-19-10-5-8-16(14-19)20(2)11-6-12-21-17-9-4-3-7-15(17)13-18/h3-4,7,9,16H,5-6,8,10-12,14H2,1-2H3. The largest absolute Gasteiger partial charge is 0.492 e. The molecule has 0 radical (unpaired) electrons. The van der Waals surface area contributed by atoms with Crippen LogP contribution in [0.4, 0.5) is 0 Å². The lowest BCUT2D eigenvalue weighted by Crippen LogP contribution is -2.45. The lowest BCUT2D eigenvalue weighted by atomic mass is 10.1. The van der Waals surface area contributed by atoms with E-state index in [0.29, 0.717) is 24.0 Å². The summed E-state index contributed by atoms with van der Waals surface area (Å²) in [4.78, 5) is 4.85. The first-order chi connectivity index (χ1) is 10.2. The Bertz CT molecular complexity index is 483. The fraction of sp³-hybridized carbons (Fsp3) is 0.588. The summed E-state index contributed by atoms with van der Waals surface area (Å²) in [7, 11) is 4.40. The van der Waals surface area contributed by atoms with Crippen molar-refractivity contribution in [3.05, 3.63) is 29.8 Å². The third-order valence-corrected chi connectivity index (χ3v) is 4.14. The molecule has 1 atom stereocenters. The molecule has 1 aromatic carbocycles. The Morgan fingerprint density at radius 3 is 3.00 bits per heavy atom. The van der Waals surface area contributed by atoms with Crippen molar-refractivity contribution in [1.29, 1.82) is 5.26 Å². The van der Waals surface area contributed by atoms with Crippen LogP contribution in [0.5, 0.6) is 5.75 Å². The van der Waals surface area contributed by atoms with Crippen molar-refractivity contribution in [2.75, 3.05) is 40.3 Å². The first kappa shape index (κ1) is 15.8. The number of piperidine rings is 1. The summed E-state index contributed by atoms with van der Waals surface area (Å²) in [6.45, 7) is 4.08. The Labute approximate surface area is 127 Å². The normalized spacial score (nSPS) is 19.4. The second-order valence-corrected chi connectivity index (χ2v) is 5.85. The van der Waals surface area contributed by atoms with Crippen molar-refractivity contribution in [3.8, 4) is 11.8 Å². The number of likely N-dealkylation sites (N-methyl/N-ethyl adjacent to an activating group) is 2. The number of benzene rings is 1. The van der Waals surface area contributed by atoms with Gasteiger partial charge in [0.25, 0.3) is 0 Å². The summed E-state index contributed by atoms with van der Waals surface area (Å²) in [5.41, 5.74) is 0.611. The summed E-state index contributed by atoms with van der Waals surface area (Å²) < 4.78 is 5.73. The number of likely N-dealkylation sites (tertiary alicyclic amines) is 1. The number of nitrogens with zero attached hydrogens (tertiary/aromatic N) is 3. The van der Waals surface area contributed by atoms with E-state index in [1.165, 1.54) is 19.4 Å². The summed E-state index contributed by atoms with van der Waals surface area (Å²) in [6.07, 6.45) is 3.56. The quantitative estimate of drug-likeness (QED) is 0.753. The van der Waals surface area contributed by atoms with Crippen LogP contribution in [0.2, 0.25) is 0 Å². The molecule has 0 aromatic heterocycles. The monoisotopic (exact) mass is 287 g/mol. The summed E-state index contributed by atoms with van der Waals surface area (Å²) in [6, 6.07) is 10.2. The predicted molar refractivity (Wildman–Crippen MR) is 84.4 cm³/mol. The minimum Gasteiger partial charge on any atom is -0.492 e. The molecule has 4 nitrogen and oxygen atoms in total. The second kappa shape index (κ2) is 8.02. The van der Waals surface area contributed by atoms with Crippen LogP contribution in [-0.4, -0.2) is 56.2 Å². The molecule has 0 aliphatic carbocycles. The molecule has 0 amide bonds. The van der Waals surface area contributed by atoms with Gasteiger partial charge in [0, 0.05) is 19.1 Å². The summed E-state index contributed by atoms with van der Waals surface area (Å²) in [5.74, 6) is 0.694. The van der Waals surface area contributed by atoms with E-state index in [9.17, 15) is 0 Å². The zero-order valence-corrected chi connectivity index (χ0v) is 13.1. The highest BCUT2D eigenvalue weighted by Crippen LogP contribution is 2.17. The molecule has 0 bridgehead atoms. The minimum absolute atomic E-state index is 0.611. The van der Waals surface area contributed by atoms with Crippen LogP contribution in [0.15, 0.2) is 24.3 Å². The van der Waals surface area contributed by atoms with Gasteiger partial charge in [-0.05, 0) is 52.0 Å². The van der Waals surface area contributed by atoms with Crippen molar-refractivity contribution in [2.24, 2.45) is 0 Å². The van der Waals surface area contributed by atoms with E-state index in [1.54, 1.807) is 6.07 Å². The van der Waals surface area contributed by atoms with Crippen molar-refractivity contribution in [2.45, 2.75) is 25.3 Å². The van der Waals surface area contributed by atoms with Crippen molar-refractivity contribution in [1.82, 2.24) is 9.80 Å². The molecule has 2 rings (SSSR count). The molecule has 1 fully saturated rings. The number of para-hydroxylation sites is 1. The minimum atomic E-state index is 0.611. The number of ether oxygens (including phenoxy) is 1. The van der Waals surface area contributed by atoms with Gasteiger partial charge < -0.3 is 14.5 Å². The predicted octanol–water partition coefficient (Wildman–Crippen LogP) is 2.35. The Morgan fingerprint density at radius 2 is 2.24 bits per heavy atom. The number of hydrogen-bond acceptors (Lipinski definition) is 4. The van der Waals surface area contributed by atoms with Gasteiger partial charge in [0.2, 0.25) is 0 Å². The summed E-state index contributed by atoms with van der Waals surface area (Å²) in [5, 5.41) is 9.02. The van der Waals surface area contributed by atoms with Gasteiger partial charge in [0.15, 0.2) is 0 Å². The lowest BCUT2D eigenvalue weighted by molar-refractivity contribution is 0.128. The van der Waals surface area contributed by atoms with Gasteiger partial charge in [-0.1, -0.05) is 12.1 Å². The highest BCUT2D eigenvalue weighted by atomic mass is 16.5. The van der Waals surface area contributed by atoms with E-state index in [1.807, 2.05) is 18.2 Å². The van der Waals surface area contributed by atoms with E-state index >= 15 is 0 Å². The fourth-order valence-corrected chi connectivity index (χ4v) is 2.86. The number of hydrogen-bond donors (Lipinski definition) is 0. The van der Waals surface area contributed by atoms with Gasteiger partial charge in [-0.2, -0.15) is 5.26 Å². The van der Waals surface area contributed by atoms with Crippen LogP contribution < -0.4 is 4.74 Å². The molecule has 4 heteroatoms. The van der Waals surface area contributed by atoms with Crippen LogP contribution in [0.25, 0.3) is 0 Å². The molecule has 1 unspecified atom stereocenters. The molecule has 1 aliphatic rings. The van der Waals surface area contributed by atoms with Gasteiger partial charge in [-0.25, -0.2) is 0 Å². The Morgan fingerprint density at radius 1 is 1.43 bits per heavy atom. The summed E-state index contributed by atoms with van der Waals surface area (Å²) >= 11 is 0. The van der Waals surface area contributed by atoms with Crippen LogP contribution in [0, 0.1) is 11.3 Å². The fourth-order valence-electron chi connectivity index (χ4n) is 2.86. The molecule has 1 aromatic rings. The maximum Gasteiger partial charge on any atom is 0.137 e. The highest BCUT2D eigenvalue weighted by molar-refractivity contribution is 5.42. The average molecular weight is 287 g/mol. The first-order valence-corrected chi connectivity index (χ1v) is 7.71. The second-order valence-electron chi connectivity index (χ2n) is 5.85. The molecule has 21 heavy (non-hydrogen) atoms. The Hall–Kier alpha value is -1.57. The van der Waals surface area contributed by atoms with Gasteiger partial charge in [-0.3, -0.25) is 0 Å². The van der Waals surface area contributed by atoms with Crippen LogP contribution >= 0.6 is 0 Å². The van der Waals surface area contributed by atoms with E-state index in [-0.39, 0.29) is 0 Å². The number of rotatable bonds is 6. The zero-order chi connectivity index (χ0) is 15.1. The van der Waals surface area contributed by atoms with E-state index < -0.39 is 0 Å². The topological polar surface area (TPSA) is 39.5 Å². The van der Waals surface area contributed by atoms with E-state index in [4.69, 9.17) is 10.00 Å². The van der Waals surface area contributed by atoms with Crippen LogP contribution in [0.1, 0.15) is 24.8 Å². The number of nitriles is 1. The van der Waals surface area contributed by atoms with Gasteiger partial charge in [-0.15, -0.1) is 0 Å². The smallest absolute Gasteiger partial charge is 0.137 e. The maximum atomic E-state index is 9.02. The molecular weight excluding hydrogens is 262 g/mol. The molecular formula is C17H25N3O. The average Bonchev–Trinajstić information content (AvgIpc) is 2.51. The van der Waals surface area contributed by atoms with Crippen molar-refractivity contribution in [3.63, 3.8) is 0 Å². The SMILES string of the molecule is CN1CCCC(N(C)CCCOc2ccccc2C#N)C1. The Kier molecular flexibility index (Phi) is 6.04. The van der Waals surface area contributed by atoms with Gasteiger partial charge in [0.05, 0.1) is 12.2 Å². The Balaban J connectivity index is 1.71. The molecule has 0 spiro atoms. The maximum absolute atomic E-state index is 9.02. The first-order valence-electron chi connectivity index (χ1n) is 7.71. The highest BCUT2D eigenvalue weighted by Gasteiger charge is 2.20. The van der Waals surface area contributed by atoms with Crippen LogP contribution in [-0.2, 0) is 0 Å². The molecule has 114 valence electrons. The third kappa shape index (κ3) is 4.73. The zero-order valence-electron chi connectivity index (χ0n) is 13.1. The molecule has 1 aliphatic heterocycles. The van der Waals surface area contributed by atoms with Crippen LogP contribution in [0.3, 0.4) is 0 Å². The molecule has 0 saturated carbocycles. The van der Waals surface area contributed by atoms with E-state index in [2.05, 4.69) is 30.0 Å². The lowest BCUT2D eigenvalue weighted by Gasteiger charge is -2.35. The van der Waals surface area contributed by atoms with Crippen molar-refractivity contribution < 1.29 is 4.74 Å².